The molecule has 0 aliphatic heterocycles. The Morgan fingerprint density at radius 2 is 2.21 bits per heavy atom. The van der Waals surface area contributed by atoms with Gasteiger partial charge in [-0.05, 0) is 60.7 Å². The van der Waals surface area contributed by atoms with Gasteiger partial charge in [0.15, 0.2) is 0 Å². The van der Waals surface area contributed by atoms with Gasteiger partial charge in [0.1, 0.15) is 18.4 Å². The summed E-state index contributed by atoms with van der Waals surface area (Å²) in [5, 5.41) is 7.27. The molecule has 1 aliphatic carbocycles. The third-order valence-corrected chi connectivity index (χ3v) is 5.66. The first-order valence-electron chi connectivity index (χ1n) is 9.25. The Balaban J connectivity index is 1.52. The Morgan fingerprint density at radius 3 is 3.00 bits per heavy atom. The van der Waals surface area contributed by atoms with Crippen LogP contribution in [-0.2, 0) is 6.42 Å². The van der Waals surface area contributed by atoms with Crippen LogP contribution in [0, 0.1) is 0 Å². The van der Waals surface area contributed by atoms with E-state index >= 15 is 0 Å². The Bertz CT molecular complexity index is 988. The van der Waals surface area contributed by atoms with Crippen LogP contribution in [0.3, 0.4) is 0 Å². The van der Waals surface area contributed by atoms with E-state index in [1.165, 1.54) is 17.5 Å². The van der Waals surface area contributed by atoms with Crippen LogP contribution in [-0.4, -0.2) is 34.3 Å². The zero-order chi connectivity index (χ0) is 19.5. The zero-order valence-corrected chi connectivity index (χ0v) is 17.1. The van der Waals surface area contributed by atoms with Crippen LogP contribution in [0.4, 0.5) is 0 Å². The molecule has 0 radical (unpaired) electrons. The molecule has 7 heteroatoms. The molecule has 1 unspecified atom stereocenters. The van der Waals surface area contributed by atoms with Crippen molar-refractivity contribution >= 4 is 21.8 Å². The lowest BCUT2D eigenvalue weighted by molar-refractivity contribution is 0.0950. The van der Waals surface area contributed by atoms with Gasteiger partial charge in [-0.25, -0.2) is 9.67 Å². The van der Waals surface area contributed by atoms with E-state index in [9.17, 15) is 4.79 Å². The molecule has 2 aromatic carbocycles. The predicted molar refractivity (Wildman–Crippen MR) is 110 cm³/mol. The van der Waals surface area contributed by atoms with E-state index in [1.807, 2.05) is 18.2 Å². The predicted octanol–water partition coefficient (Wildman–Crippen LogP) is 3.89. The Morgan fingerprint density at radius 1 is 1.32 bits per heavy atom. The molecule has 4 rings (SSSR count). The molecule has 1 aromatic heterocycles. The summed E-state index contributed by atoms with van der Waals surface area (Å²) in [5.74, 6) is 1.08. The second-order valence-electron chi connectivity index (χ2n) is 6.87. The summed E-state index contributed by atoms with van der Waals surface area (Å²) in [7, 11) is 1.69. The number of benzene rings is 2. The molecule has 0 bridgehead atoms. The van der Waals surface area contributed by atoms with Gasteiger partial charge in [0.2, 0.25) is 0 Å². The molecular weight excluding hydrogens is 420 g/mol. The van der Waals surface area contributed by atoms with Crippen molar-refractivity contribution in [3.05, 3.63) is 70.2 Å². The minimum Gasteiger partial charge on any atom is -0.497 e. The maximum absolute atomic E-state index is 12.9. The number of nitrogens with zero attached hydrogens (tertiary/aromatic N) is 3. The Hall–Kier alpha value is -2.67. The fourth-order valence-electron chi connectivity index (χ4n) is 3.76. The first-order valence-corrected chi connectivity index (χ1v) is 10.0. The molecule has 0 saturated carbocycles. The molecule has 3 aromatic rings. The van der Waals surface area contributed by atoms with E-state index in [4.69, 9.17) is 4.74 Å². The number of halogens is 1. The SMILES string of the molecule is COc1ccc2c(c1)CCCC2CNC(=O)c1ccc(Br)cc1-n1cncn1. The van der Waals surface area contributed by atoms with Crippen molar-refractivity contribution in [3.63, 3.8) is 0 Å². The quantitative estimate of drug-likeness (QED) is 0.653. The van der Waals surface area contributed by atoms with Crippen LogP contribution in [0.25, 0.3) is 5.69 Å². The molecular formula is C21H21BrN4O2. The molecule has 144 valence electrons. The van der Waals surface area contributed by atoms with Gasteiger partial charge in [0.05, 0.1) is 18.4 Å². The van der Waals surface area contributed by atoms with Gasteiger partial charge in [0.25, 0.3) is 5.91 Å². The molecule has 0 spiro atoms. The van der Waals surface area contributed by atoms with Gasteiger partial charge in [-0.3, -0.25) is 4.79 Å². The molecule has 1 N–H and O–H groups in total. The summed E-state index contributed by atoms with van der Waals surface area (Å²) in [6, 6.07) is 11.8. The number of aromatic nitrogens is 3. The standard InChI is InChI=1S/C21H21BrN4O2/c1-28-17-6-8-18-14(9-17)3-2-4-15(18)11-24-21(27)19-7-5-16(22)10-20(19)26-13-23-12-25-26/h5-10,12-13,15H,2-4,11H2,1H3,(H,24,27). The smallest absolute Gasteiger partial charge is 0.253 e. The number of methoxy groups -OCH3 is 1. The third kappa shape index (κ3) is 3.80. The van der Waals surface area contributed by atoms with Crippen LogP contribution < -0.4 is 10.1 Å². The average Bonchev–Trinajstić information content (AvgIpc) is 3.26. The van der Waals surface area contributed by atoms with Crippen LogP contribution in [0.15, 0.2) is 53.5 Å². The number of rotatable bonds is 5. The maximum atomic E-state index is 12.9. The number of amides is 1. The van der Waals surface area contributed by atoms with Crippen molar-refractivity contribution in [1.29, 1.82) is 0 Å². The first kappa shape index (κ1) is 18.7. The second-order valence-corrected chi connectivity index (χ2v) is 7.78. The van der Waals surface area contributed by atoms with Gasteiger partial charge >= 0.3 is 0 Å². The van der Waals surface area contributed by atoms with Crippen LogP contribution in [0.1, 0.15) is 40.2 Å². The summed E-state index contributed by atoms with van der Waals surface area (Å²) in [4.78, 5) is 16.9. The van der Waals surface area contributed by atoms with E-state index in [0.717, 1.165) is 29.5 Å². The molecule has 1 atom stereocenters. The molecule has 28 heavy (non-hydrogen) atoms. The zero-order valence-electron chi connectivity index (χ0n) is 15.6. The van der Waals surface area contributed by atoms with Crippen molar-refractivity contribution in [1.82, 2.24) is 20.1 Å². The van der Waals surface area contributed by atoms with Gasteiger partial charge in [-0.1, -0.05) is 22.0 Å². The number of ether oxygens (including phenoxy) is 1. The largest absolute Gasteiger partial charge is 0.497 e. The van der Waals surface area contributed by atoms with Gasteiger partial charge in [-0.15, -0.1) is 0 Å². The highest BCUT2D eigenvalue weighted by Crippen LogP contribution is 2.33. The lowest BCUT2D eigenvalue weighted by Gasteiger charge is -2.26. The fraction of sp³-hybridized carbons (Fsp3) is 0.286. The van der Waals surface area contributed by atoms with Crippen LogP contribution in [0.2, 0.25) is 0 Å². The number of fused-ring (bicyclic) bond motifs is 1. The van der Waals surface area contributed by atoms with Gasteiger partial charge < -0.3 is 10.1 Å². The van der Waals surface area contributed by atoms with E-state index in [1.54, 1.807) is 24.2 Å². The van der Waals surface area contributed by atoms with E-state index in [2.05, 4.69) is 43.5 Å². The highest BCUT2D eigenvalue weighted by atomic mass is 79.9. The minimum absolute atomic E-state index is 0.112. The molecule has 1 heterocycles. The van der Waals surface area contributed by atoms with E-state index < -0.39 is 0 Å². The summed E-state index contributed by atoms with van der Waals surface area (Å²) in [6.45, 7) is 0.602. The molecule has 1 aliphatic rings. The Kier molecular flexibility index (Phi) is 5.43. The average molecular weight is 441 g/mol. The molecule has 0 fully saturated rings. The number of hydrogen-bond acceptors (Lipinski definition) is 4. The third-order valence-electron chi connectivity index (χ3n) is 5.17. The van der Waals surface area contributed by atoms with E-state index in [0.29, 0.717) is 23.7 Å². The normalized spacial score (nSPS) is 15.7. The number of carbonyl (C=O) groups excluding carboxylic acids is 1. The van der Waals surface area contributed by atoms with Crippen molar-refractivity contribution in [2.45, 2.75) is 25.2 Å². The summed E-state index contributed by atoms with van der Waals surface area (Å²) in [6.07, 6.45) is 6.28. The number of hydrogen-bond donors (Lipinski definition) is 1. The lowest BCUT2D eigenvalue weighted by Crippen LogP contribution is -2.30. The van der Waals surface area contributed by atoms with Crippen molar-refractivity contribution in [2.75, 3.05) is 13.7 Å². The highest BCUT2D eigenvalue weighted by Gasteiger charge is 2.22. The highest BCUT2D eigenvalue weighted by molar-refractivity contribution is 9.10. The van der Waals surface area contributed by atoms with Crippen molar-refractivity contribution in [2.24, 2.45) is 0 Å². The summed E-state index contributed by atoms with van der Waals surface area (Å²) >= 11 is 3.46. The lowest BCUT2D eigenvalue weighted by atomic mass is 9.82. The van der Waals surface area contributed by atoms with Crippen LogP contribution >= 0.6 is 15.9 Å². The number of aryl methyl sites for hydroxylation is 1. The molecule has 1 amide bonds. The van der Waals surface area contributed by atoms with E-state index in [-0.39, 0.29) is 5.91 Å². The first-order chi connectivity index (χ1) is 13.7. The van der Waals surface area contributed by atoms with Crippen molar-refractivity contribution < 1.29 is 9.53 Å². The second kappa shape index (κ2) is 8.14. The molecule has 0 saturated heterocycles. The van der Waals surface area contributed by atoms with Gasteiger partial charge in [0, 0.05) is 16.9 Å². The Labute approximate surface area is 172 Å². The monoisotopic (exact) mass is 440 g/mol. The summed E-state index contributed by atoms with van der Waals surface area (Å²) < 4.78 is 7.82. The van der Waals surface area contributed by atoms with Crippen molar-refractivity contribution in [3.8, 4) is 11.4 Å². The minimum atomic E-state index is -0.112. The summed E-state index contributed by atoms with van der Waals surface area (Å²) in [5.41, 5.74) is 3.88. The molecule has 6 nitrogen and oxygen atoms in total. The van der Waals surface area contributed by atoms with Crippen LogP contribution in [0.5, 0.6) is 5.75 Å². The fourth-order valence-corrected chi connectivity index (χ4v) is 4.11. The number of nitrogens with one attached hydrogen (secondary N) is 1. The maximum Gasteiger partial charge on any atom is 0.253 e. The van der Waals surface area contributed by atoms with Gasteiger partial charge in [-0.2, -0.15) is 5.10 Å². The number of carbonyl (C=O) groups is 1. The topological polar surface area (TPSA) is 69.0 Å².